The van der Waals surface area contributed by atoms with Gasteiger partial charge in [-0.3, -0.25) is 9.59 Å². The van der Waals surface area contributed by atoms with Crippen LogP contribution in [0.25, 0.3) is 0 Å². The van der Waals surface area contributed by atoms with Gasteiger partial charge in [-0.15, -0.1) is 6.58 Å². The summed E-state index contributed by atoms with van der Waals surface area (Å²) in [5.41, 5.74) is 1.05. The van der Waals surface area contributed by atoms with Gasteiger partial charge in [0.25, 0.3) is 11.8 Å². The molecule has 0 aromatic heterocycles. The number of unbranched alkanes of at least 4 members (excludes halogenated alkanes) is 2. The van der Waals surface area contributed by atoms with Crippen LogP contribution in [0, 0.1) is 0 Å². The zero-order chi connectivity index (χ0) is 25.6. The van der Waals surface area contributed by atoms with E-state index in [9.17, 15) is 14.7 Å². The summed E-state index contributed by atoms with van der Waals surface area (Å²) in [6.07, 6.45) is 9.21. The number of rotatable bonds is 16. The molecule has 3 N–H and O–H groups in total. The Balaban J connectivity index is 2.60. The minimum absolute atomic E-state index is 0.000708. The zero-order valence-electron chi connectivity index (χ0n) is 21.8. The van der Waals surface area contributed by atoms with E-state index in [0.29, 0.717) is 30.8 Å². The van der Waals surface area contributed by atoms with E-state index in [1.807, 2.05) is 26.8 Å². The van der Waals surface area contributed by atoms with Crippen LogP contribution in [-0.4, -0.2) is 60.1 Å². The number of carbonyl (C=O) groups excluding carboxylic acids is 2. The number of nitrogens with zero attached hydrogens (tertiary/aromatic N) is 1. The van der Waals surface area contributed by atoms with Crippen LogP contribution in [0.1, 0.15) is 86.9 Å². The summed E-state index contributed by atoms with van der Waals surface area (Å²) in [6.45, 7) is 13.4. The molecule has 2 amide bonds. The number of nitrogens with one attached hydrogen (secondary N) is 2. The first-order valence-corrected chi connectivity index (χ1v) is 12.5. The minimum Gasteiger partial charge on any atom is -0.384 e. The van der Waals surface area contributed by atoms with Gasteiger partial charge in [0.1, 0.15) is 0 Å². The normalized spacial score (nSPS) is 14.2. The van der Waals surface area contributed by atoms with Crippen LogP contribution in [0.4, 0.5) is 0 Å². The second-order valence-corrected chi connectivity index (χ2v) is 9.23. The monoisotopic (exact) mass is 471 g/mol. The van der Waals surface area contributed by atoms with Crippen molar-refractivity contribution < 1.29 is 14.7 Å². The van der Waals surface area contributed by atoms with Crippen LogP contribution in [0.3, 0.4) is 0 Å². The maximum atomic E-state index is 12.8. The van der Waals surface area contributed by atoms with Crippen molar-refractivity contribution in [2.75, 3.05) is 26.7 Å². The largest absolute Gasteiger partial charge is 0.384 e. The van der Waals surface area contributed by atoms with Crippen molar-refractivity contribution >= 4 is 11.8 Å². The van der Waals surface area contributed by atoms with Crippen molar-refractivity contribution in [3.05, 3.63) is 59.7 Å². The Kier molecular flexibility index (Phi) is 13.5. The van der Waals surface area contributed by atoms with Crippen molar-refractivity contribution in [2.24, 2.45) is 0 Å². The number of carbonyl (C=O) groups is 2. The summed E-state index contributed by atoms with van der Waals surface area (Å²) in [4.78, 5) is 27.2. The van der Waals surface area contributed by atoms with Gasteiger partial charge in [0.05, 0.1) is 5.60 Å². The van der Waals surface area contributed by atoms with Crippen molar-refractivity contribution in [1.29, 1.82) is 0 Å². The smallest absolute Gasteiger partial charge is 0.253 e. The molecule has 0 saturated carbocycles. The summed E-state index contributed by atoms with van der Waals surface area (Å²) >= 11 is 0. The Hall–Kier alpha value is -2.44. The third-order valence-corrected chi connectivity index (χ3v) is 6.20. The highest BCUT2D eigenvalue weighted by molar-refractivity contribution is 5.99. The summed E-state index contributed by atoms with van der Waals surface area (Å²) in [6, 6.07) is 6.92. The molecule has 0 radical (unpaired) electrons. The highest BCUT2D eigenvalue weighted by Crippen LogP contribution is 2.16. The number of amides is 2. The van der Waals surface area contributed by atoms with Crippen LogP contribution in [-0.2, 0) is 0 Å². The second kappa shape index (κ2) is 15.5. The molecule has 0 aliphatic heterocycles. The van der Waals surface area contributed by atoms with Crippen molar-refractivity contribution in [1.82, 2.24) is 15.5 Å². The van der Waals surface area contributed by atoms with Gasteiger partial charge >= 0.3 is 0 Å². The Morgan fingerprint density at radius 2 is 1.94 bits per heavy atom. The lowest BCUT2D eigenvalue weighted by atomic mass is 9.95. The average Bonchev–Trinajstić information content (AvgIpc) is 2.83. The third-order valence-electron chi connectivity index (χ3n) is 6.20. The van der Waals surface area contributed by atoms with Crippen LogP contribution in [0.2, 0.25) is 0 Å². The van der Waals surface area contributed by atoms with Gasteiger partial charge in [-0.2, -0.15) is 0 Å². The zero-order valence-corrected chi connectivity index (χ0v) is 21.8. The van der Waals surface area contributed by atoms with E-state index in [4.69, 9.17) is 0 Å². The van der Waals surface area contributed by atoms with Crippen LogP contribution >= 0.6 is 0 Å². The number of hydrogen-bond acceptors (Lipinski definition) is 4. The first-order chi connectivity index (χ1) is 16.2. The average molecular weight is 472 g/mol. The highest BCUT2D eigenvalue weighted by Gasteiger charge is 2.22. The second-order valence-electron chi connectivity index (χ2n) is 9.23. The molecule has 190 valence electrons. The first-order valence-electron chi connectivity index (χ1n) is 12.5. The van der Waals surface area contributed by atoms with Crippen LogP contribution in [0.5, 0.6) is 0 Å². The van der Waals surface area contributed by atoms with E-state index in [2.05, 4.69) is 30.2 Å². The summed E-state index contributed by atoms with van der Waals surface area (Å²) in [7, 11) is 1.79. The molecule has 6 heteroatoms. The van der Waals surface area contributed by atoms with Gasteiger partial charge in [-0.1, -0.05) is 38.5 Å². The fourth-order valence-corrected chi connectivity index (χ4v) is 3.54. The van der Waals surface area contributed by atoms with E-state index in [-0.39, 0.29) is 17.9 Å². The standard InChI is InChI=1S/C28H45N3O3/c1-7-10-12-14-22(4)28(5,34)21-29-18-17-25(9-3)30-26(32)23-15-13-16-24(20-23)27(33)31(6)19-11-8-2/h7,13-16,20,25,29,34H,1,8-12,17-19,21H2,2-6H3,(H,30,32)/b22-14+/t25-,28?/m0/s1. The number of aliphatic hydroxyl groups is 1. The molecule has 34 heavy (non-hydrogen) atoms. The maximum absolute atomic E-state index is 12.8. The van der Waals surface area contributed by atoms with Crippen molar-refractivity contribution in [3.8, 4) is 0 Å². The van der Waals surface area contributed by atoms with Crippen molar-refractivity contribution in [2.45, 2.75) is 77.9 Å². The van der Waals surface area contributed by atoms with Crippen LogP contribution < -0.4 is 10.6 Å². The number of hydrogen-bond donors (Lipinski definition) is 3. The molecule has 0 heterocycles. The topological polar surface area (TPSA) is 81.7 Å². The van der Waals surface area contributed by atoms with Gasteiger partial charge < -0.3 is 20.6 Å². The van der Waals surface area contributed by atoms with E-state index >= 15 is 0 Å². The van der Waals surface area contributed by atoms with Gasteiger partial charge in [-0.05, 0) is 76.3 Å². The van der Waals surface area contributed by atoms with Crippen LogP contribution in [0.15, 0.2) is 48.6 Å². The molecule has 1 aromatic carbocycles. The van der Waals surface area contributed by atoms with E-state index in [0.717, 1.165) is 44.1 Å². The SMILES string of the molecule is C=CCC/C=C(\C)C(C)(O)CNCC[C@H](CC)NC(=O)c1cccc(C(=O)N(C)CCCC)c1. The highest BCUT2D eigenvalue weighted by atomic mass is 16.3. The molecule has 6 nitrogen and oxygen atoms in total. The van der Waals surface area contributed by atoms with E-state index in [1.54, 1.807) is 36.2 Å². The Labute approximate surface area is 206 Å². The molecule has 1 rings (SSSR count). The van der Waals surface area contributed by atoms with Gasteiger partial charge in [0.2, 0.25) is 0 Å². The Bertz CT molecular complexity index is 817. The minimum atomic E-state index is -0.913. The summed E-state index contributed by atoms with van der Waals surface area (Å²) < 4.78 is 0. The predicted molar refractivity (Wildman–Crippen MR) is 141 cm³/mol. The first kappa shape index (κ1) is 29.6. The quantitative estimate of drug-likeness (QED) is 0.241. The molecular formula is C28H45N3O3. The predicted octanol–water partition coefficient (Wildman–Crippen LogP) is 4.71. The molecule has 0 aliphatic carbocycles. The van der Waals surface area contributed by atoms with Gasteiger partial charge in [0.15, 0.2) is 0 Å². The van der Waals surface area contributed by atoms with E-state index < -0.39 is 5.60 Å². The lowest BCUT2D eigenvalue weighted by Crippen LogP contribution is -2.41. The molecular weight excluding hydrogens is 426 g/mol. The third kappa shape index (κ3) is 10.2. The van der Waals surface area contributed by atoms with Gasteiger partial charge in [-0.25, -0.2) is 0 Å². The number of allylic oxidation sites excluding steroid dienone is 2. The Morgan fingerprint density at radius 3 is 2.59 bits per heavy atom. The summed E-state index contributed by atoms with van der Waals surface area (Å²) in [5.74, 6) is -0.245. The molecule has 2 atom stereocenters. The molecule has 1 aromatic rings. The molecule has 0 fully saturated rings. The van der Waals surface area contributed by atoms with E-state index in [1.165, 1.54) is 0 Å². The Morgan fingerprint density at radius 1 is 1.24 bits per heavy atom. The molecule has 1 unspecified atom stereocenters. The summed E-state index contributed by atoms with van der Waals surface area (Å²) in [5, 5.41) is 17.1. The lowest BCUT2D eigenvalue weighted by Gasteiger charge is -2.26. The molecule has 0 aliphatic rings. The molecule has 0 bridgehead atoms. The maximum Gasteiger partial charge on any atom is 0.253 e. The molecule has 0 saturated heterocycles. The lowest BCUT2D eigenvalue weighted by molar-refractivity contribution is 0.0793. The fourth-order valence-electron chi connectivity index (χ4n) is 3.54. The fraction of sp³-hybridized carbons (Fsp3) is 0.571. The van der Waals surface area contributed by atoms with Crippen molar-refractivity contribution in [3.63, 3.8) is 0 Å². The molecule has 0 spiro atoms. The van der Waals surface area contributed by atoms with Gasteiger partial charge in [0, 0.05) is 37.3 Å². The number of benzene rings is 1.